The van der Waals surface area contributed by atoms with Crippen molar-refractivity contribution in [2.24, 2.45) is 0 Å². The highest BCUT2D eigenvalue weighted by Gasteiger charge is 2.15. The predicted molar refractivity (Wildman–Crippen MR) is 79.4 cm³/mol. The van der Waals surface area contributed by atoms with Crippen LogP contribution in [0.15, 0.2) is 35.1 Å². The number of hydrogen-bond donors (Lipinski definition) is 1. The molecule has 3 heteroatoms. The van der Waals surface area contributed by atoms with E-state index >= 15 is 0 Å². The van der Waals surface area contributed by atoms with Crippen LogP contribution in [0.5, 0.6) is 0 Å². The zero-order chi connectivity index (χ0) is 13.4. The highest BCUT2D eigenvalue weighted by molar-refractivity contribution is 5.94. The summed E-state index contributed by atoms with van der Waals surface area (Å²) in [5.41, 5.74) is 3.54. The van der Waals surface area contributed by atoms with Crippen LogP contribution < -0.4 is 5.56 Å². The number of nitrogens with zero attached hydrogens (tertiary/aromatic N) is 1. The van der Waals surface area contributed by atoms with Crippen molar-refractivity contribution in [1.82, 2.24) is 9.88 Å². The van der Waals surface area contributed by atoms with Gasteiger partial charge in [0.05, 0.1) is 0 Å². The summed E-state index contributed by atoms with van der Waals surface area (Å²) in [6, 6.07) is 7.86. The smallest absolute Gasteiger partial charge is 0.256 e. The van der Waals surface area contributed by atoms with Crippen LogP contribution in [-0.4, -0.2) is 30.0 Å². The Kier molecular flexibility index (Phi) is 2.99. The van der Waals surface area contributed by atoms with Crippen molar-refractivity contribution in [1.29, 1.82) is 0 Å². The molecular weight excluding hydrogens is 236 g/mol. The Bertz CT molecular complexity index is 712. The van der Waals surface area contributed by atoms with E-state index < -0.39 is 0 Å². The van der Waals surface area contributed by atoms with Gasteiger partial charge in [0.25, 0.3) is 5.56 Å². The largest absolute Gasteiger partial charge is 0.325 e. The number of nitrogens with one attached hydrogen (secondary N) is 1. The van der Waals surface area contributed by atoms with E-state index in [0.717, 1.165) is 36.0 Å². The molecule has 0 unspecified atom stereocenters. The van der Waals surface area contributed by atoms with Gasteiger partial charge in [0, 0.05) is 29.7 Å². The third kappa shape index (κ3) is 2.10. The molecule has 2 aromatic rings. The van der Waals surface area contributed by atoms with Gasteiger partial charge in [-0.1, -0.05) is 24.3 Å². The fourth-order valence-electron chi connectivity index (χ4n) is 2.81. The van der Waals surface area contributed by atoms with Crippen LogP contribution in [0.2, 0.25) is 0 Å². The number of aromatic nitrogens is 1. The Morgan fingerprint density at radius 3 is 2.63 bits per heavy atom. The molecule has 98 valence electrons. The van der Waals surface area contributed by atoms with Gasteiger partial charge < -0.3 is 9.88 Å². The van der Waals surface area contributed by atoms with Gasteiger partial charge in [-0.2, -0.15) is 0 Å². The molecule has 3 nitrogen and oxygen atoms in total. The lowest BCUT2D eigenvalue weighted by Gasteiger charge is -2.23. The standard InChI is InChI=1S/C16H18N2O/c1-11-15(12-7-9-18(2)10-8-12)13-5-3-4-6-14(13)16(19)17-11/h3-7H,8-10H2,1-2H3,(H,17,19). The van der Waals surface area contributed by atoms with E-state index in [-0.39, 0.29) is 5.56 Å². The molecule has 0 saturated carbocycles. The second-order valence-corrected chi connectivity index (χ2v) is 5.24. The second kappa shape index (κ2) is 4.67. The first-order valence-corrected chi connectivity index (χ1v) is 6.66. The molecule has 1 aromatic carbocycles. The Balaban J connectivity index is 2.26. The maximum absolute atomic E-state index is 12.0. The van der Waals surface area contributed by atoms with Crippen molar-refractivity contribution in [2.75, 3.05) is 20.1 Å². The zero-order valence-electron chi connectivity index (χ0n) is 11.4. The van der Waals surface area contributed by atoms with Gasteiger partial charge in [-0.15, -0.1) is 0 Å². The Hall–Kier alpha value is -1.87. The van der Waals surface area contributed by atoms with Gasteiger partial charge in [0.15, 0.2) is 0 Å². The first-order chi connectivity index (χ1) is 9.16. The number of H-pyrrole nitrogens is 1. The molecule has 0 saturated heterocycles. The molecule has 1 aromatic heterocycles. The van der Waals surface area contributed by atoms with E-state index in [9.17, 15) is 4.79 Å². The third-order valence-electron chi connectivity index (χ3n) is 3.85. The molecule has 1 aliphatic rings. The molecule has 1 N–H and O–H groups in total. The summed E-state index contributed by atoms with van der Waals surface area (Å²) >= 11 is 0. The SMILES string of the molecule is Cc1[nH]c(=O)c2ccccc2c1C1=CCN(C)CC1. The molecule has 0 radical (unpaired) electrons. The third-order valence-corrected chi connectivity index (χ3v) is 3.85. The fraction of sp³-hybridized carbons (Fsp3) is 0.312. The van der Waals surface area contributed by atoms with E-state index in [4.69, 9.17) is 0 Å². The highest BCUT2D eigenvalue weighted by atomic mass is 16.1. The first kappa shape index (κ1) is 12.2. The lowest BCUT2D eigenvalue weighted by Crippen LogP contribution is -2.24. The average molecular weight is 254 g/mol. The maximum atomic E-state index is 12.0. The summed E-state index contributed by atoms with van der Waals surface area (Å²) in [5.74, 6) is 0. The van der Waals surface area contributed by atoms with Gasteiger partial charge in [-0.25, -0.2) is 0 Å². The normalized spacial score (nSPS) is 16.6. The molecule has 0 bridgehead atoms. The minimum atomic E-state index is 0.00498. The van der Waals surface area contributed by atoms with E-state index in [0.29, 0.717) is 0 Å². The summed E-state index contributed by atoms with van der Waals surface area (Å²) in [6.45, 7) is 4.03. The molecule has 0 aliphatic carbocycles. The number of fused-ring (bicyclic) bond motifs is 1. The minimum absolute atomic E-state index is 0.00498. The van der Waals surface area contributed by atoms with Crippen LogP contribution in [0, 0.1) is 6.92 Å². The Labute approximate surface area is 112 Å². The predicted octanol–water partition coefficient (Wildman–Crippen LogP) is 2.56. The average Bonchev–Trinajstić information content (AvgIpc) is 2.41. The lowest BCUT2D eigenvalue weighted by atomic mass is 9.93. The van der Waals surface area contributed by atoms with Crippen LogP contribution in [0.1, 0.15) is 17.7 Å². The van der Waals surface area contributed by atoms with E-state index in [1.54, 1.807) is 0 Å². The summed E-state index contributed by atoms with van der Waals surface area (Å²) < 4.78 is 0. The summed E-state index contributed by atoms with van der Waals surface area (Å²) in [6.07, 6.45) is 3.31. The van der Waals surface area contributed by atoms with Crippen molar-refractivity contribution in [3.8, 4) is 0 Å². The second-order valence-electron chi connectivity index (χ2n) is 5.24. The molecule has 2 heterocycles. The van der Waals surface area contributed by atoms with Crippen LogP contribution in [0.3, 0.4) is 0 Å². The zero-order valence-corrected chi connectivity index (χ0v) is 11.4. The number of hydrogen-bond acceptors (Lipinski definition) is 2. The van der Waals surface area contributed by atoms with E-state index in [2.05, 4.69) is 23.0 Å². The van der Waals surface area contributed by atoms with Gasteiger partial charge in [-0.05, 0) is 37.4 Å². The van der Waals surface area contributed by atoms with Gasteiger partial charge in [0.1, 0.15) is 0 Å². The Morgan fingerprint density at radius 1 is 1.21 bits per heavy atom. The molecule has 3 rings (SSSR count). The fourth-order valence-corrected chi connectivity index (χ4v) is 2.81. The van der Waals surface area contributed by atoms with E-state index in [1.807, 2.05) is 31.2 Å². The number of rotatable bonds is 1. The Morgan fingerprint density at radius 2 is 1.95 bits per heavy atom. The monoisotopic (exact) mass is 254 g/mol. The molecule has 0 spiro atoms. The van der Waals surface area contributed by atoms with Crippen molar-refractivity contribution in [3.63, 3.8) is 0 Å². The van der Waals surface area contributed by atoms with Gasteiger partial charge in [0.2, 0.25) is 0 Å². The number of aryl methyl sites for hydroxylation is 1. The van der Waals surface area contributed by atoms with Crippen molar-refractivity contribution >= 4 is 16.3 Å². The van der Waals surface area contributed by atoms with Crippen molar-refractivity contribution < 1.29 is 0 Å². The number of pyridine rings is 1. The number of likely N-dealkylation sites (N-methyl/N-ethyl adjacent to an activating group) is 1. The topological polar surface area (TPSA) is 36.1 Å². The molecule has 0 amide bonds. The first-order valence-electron chi connectivity index (χ1n) is 6.66. The summed E-state index contributed by atoms with van der Waals surface area (Å²) in [7, 11) is 2.13. The van der Waals surface area contributed by atoms with Crippen molar-refractivity contribution in [2.45, 2.75) is 13.3 Å². The molecular formula is C16H18N2O. The summed E-state index contributed by atoms with van der Waals surface area (Å²) in [4.78, 5) is 17.3. The lowest BCUT2D eigenvalue weighted by molar-refractivity contribution is 0.370. The maximum Gasteiger partial charge on any atom is 0.256 e. The van der Waals surface area contributed by atoms with Crippen molar-refractivity contribution in [3.05, 3.63) is 52.0 Å². The van der Waals surface area contributed by atoms with Gasteiger partial charge in [-0.3, -0.25) is 4.79 Å². The van der Waals surface area contributed by atoms with E-state index in [1.165, 1.54) is 11.1 Å². The molecule has 0 atom stereocenters. The molecule has 0 fully saturated rings. The van der Waals surface area contributed by atoms with Crippen LogP contribution in [0.4, 0.5) is 0 Å². The molecule has 19 heavy (non-hydrogen) atoms. The van der Waals surface area contributed by atoms with Crippen LogP contribution in [-0.2, 0) is 0 Å². The van der Waals surface area contributed by atoms with Gasteiger partial charge >= 0.3 is 0 Å². The van der Waals surface area contributed by atoms with Crippen LogP contribution in [0.25, 0.3) is 16.3 Å². The highest BCUT2D eigenvalue weighted by Crippen LogP contribution is 2.29. The number of benzene rings is 1. The van der Waals surface area contributed by atoms with Crippen LogP contribution >= 0.6 is 0 Å². The molecule has 1 aliphatic heterocycles. The number of aromatic amines is 1. The quantitative estimate of drug-likeness (QED) is 0.849. The summed E-state index contributed by atoms with van der Waals surface area (Å²) in [5, 5.41) is 1.85. The minimum Gasteiger partial charge on any atom is -0.325 e.